The van der Waals surface area contributed by atoms with Crippen molar-refractivity contribution in [1.82, 2.24) is 9.97 Å². The zero-order chi connectivity index (χ0) is 10.1. The van der Waals surface area contributed by atoms with Crippen LogP contribution in [0.1, 0.15) is 0 Å². The van der Waals surface area contributed by atoms with Gasteiger partial charge in [0.15, 0.2) is 0 Å². The number of hydrogen-bond acceptors (Lipinski definition) is 2. The molecule has 0 aliphatic rings. The third-order valence-corrected chi connectivity index (χ3v) is 2.51. The Balaban J connectivity index is 2.66. The first-order valence-corrected chi connectivity index (χ1v) is 4.80. The van der Waals surface area contributed by atoms with Gasteiger partial charge in [0.2, 0.25) is 0 Å². The van der Waals surface area contributed by atoms with E-state index in [1.165, 1.54) is 0 Å². The first-order chi connectivity index (χ1) is 6.68. The van der Waals surface area contributed by atoms with Crippen LogP contribution in [-0.4, -0.2) is 9.97 Å². The van der Waals surface area contributed by atoms with E-state index in [0.717, 1.165) is 5.56 Å². The van der Waals surface area contributed by atoms with Gasteiger partial charge in [0.05, 0.1) is 5.69 Å². The lowest BCUT2D eigenvalue weighted by Crippen LogP contribution is -2.00. The van der Waals surface area contributed by atoms with Crippen LogP contribution in [0.15, 0.2) is 33.7 Å². The van der Waals surface area contributed by atoms with Crippen molar-refractivity contribution in [2.45, 2.75) is 0 Å². The van der Waals surface area contributed by atoms with Crippen LogP contribution in [0.5, 0.6) is 0 Å². The van der Waals surface area contributed by atoms with Crippen molar-refractivity contribution in [3.63, 3.8) is 0 Å². The summed E-state index contributed by atoms with van der Waals surface area (Å²) in [4.78, 5) is 16.3. The van der Waals surface area contributed by atoms with Gasteiger partial charge < -0.3 is 10.7 Å². The minimum Gasteiger partial charge on any atom is -0.398 e. The molecule has 5 heteroatoms. The topological polar surface area (TPSA) is 74.7 Å². The van der Waals surface area contributed by atoms with Gasteiger partial charge in [-0.2, -0.15) is 0 Å². The zero-order valence-corrected chi connectivity index (χ0v) is 8.76. The van der Waals surface area contributed by atoms with E-state index >= 15 is 0 Å². The minimum atomic E-state index is -0.255. The number of halogens is 1. The molecule has 0 radical (unpaired) electrons. The predicted molar refractivity (Wildman–Crippen MR) is 59.0 cm³/mol. The fourth-order valence-corrected chi connectivity index (χ4v) is 1.76. The number of nitrogens with one attached hydrogen (secondary N) is 2. The van der Waals surface area contributed by atoms with Gasteiger partial charge in [-0.1, -0.05) is 18.2 Å². The van der Waals surface area contributed by atoms with Gasteiger partial charge in [0.25, 0.3) is 0 Å². The van der Waals surface area contributed by atoms with Gasteiger partial charge in [0.1, 0.15) is 4.60 Å². The Morgan fingerprint density at radius 3 is 2.50 bits per heavy atom. The van der Waals surface area contributed by atoms with Gasteiger partial charge in [-0.05, 0) is 22.0 Å². The second-order valence-corrected chi connectivity index (χ2v) is 3.65. The summed E-state index contributed by atoms with van der Waals surface area (Å²) >= 11 is 3.25. The first-order valence-electron chi connectivity index (χ1n) is 4.01. The largest absolute Gasteiger partial charge is 0.398 e. The molecule has 0 amide bonds. The molecule has 1 heterocycles. The molecule has 1 aromatic carbocycles. The highest BCUT2D eigenvalue weighted by atomic mass is 79.9. The molecule has 4 nitrogen and oxygen atoms in total. The summed E-state index contributed by atoms with van der Waals surface area (Å²) in [5.41, 5.74) is 7.63. The second kappa shape index (κ2) is 3.34. The number of nitrogens with two attached hydrogens (primary N) is 1. The van der Waals surface area contributed by atoms with E-state index in [9.17, 15) is 4.79 Å². The van der Waals surface area contributed by atoms with Crippen molar-refractivity contribution in [2.24, 2.45) is 0 Å². The standard InChI is InChI=1S/C9H8BrN3O/c10-8-7(12-9(14)13-8)5-3-1-2-4-6(5)11/h1-4H,11H2,(H2,12,13,14). The first kappa shape index (κ1) is 9.08. The maximum Gasteiger partial charge on any atom is 0.324 e. The molecule has 0 unspecified atom stereocenters. The van der Waals surface area contributed by atoms with Crippen molar-refractivity contribution in [3.05, 3.63) is 39.4 Å². The monoisotopic (exact) mass is 253 g/mol. The normalized spacial score (nSPS) is 10.4. The molecule has 2 rings (SSSR count). The van der Waals surface area contributed by atoms with E-state index in [2.05, 4.69) is 25.9 Å². The van der Waals surface area contributed by atoms with Gasteiger partial charge in [-0.3, -0.25) is 4.98 Å². The van der Waals surface area contributed by atoms with Crippen LogP contribution in [0.4, 0.5) is 5.69 Å². The Morgan fingerprint density at radius 2 is 1.93 bits per heavy atom. The van der Waals surface area contributed by atoms with E-state index in [0.29, 0.717) is 16.0 Å². The van der Waals surface area contributed by atoms with E-state index < -0.39 is 0 Å². The van der Waals surface area contributed by atoms with Crippen LogP contribution >= 0.6 is 15.9 Å². The van der Waals surface area contributed by atoms with E-state index in [-0.39, 0.29) is 5.69 Å². The number of benzene rings is 1. The number of hydrogen-bond donors (Lipinski definition) is 3. The lowest BCUT2D eigenvalue weighted by Gasteiger charge is -2.02. The molecule has 0 atom stereocenters. The molecule has 72 valence electrons. The lowest BCUT2D eigenvalue weighted by atomic mass is 10.1. The van der Waals surface area contributed by atoms with Crippen molar-refractivity contribution < 1.29 is 0 Å². The Morgan fingerprint density at radius 1 is 1.21 bits per heavy atom. The van der Waals surface area contributed by atoms with Crippen LogP contribution in [0.3, 0.4) is 0 Å². The van der Waals surface area contributed by atoms with Gasteiger partial charge in [-0.15, -0.1) is 0 Å². The van der Waals surface area contributed by atoms with Crippen molar-refractivity contribution >= 4 is 21.6 Å². The molecule has 0 spiro atoms. The summed E-state index contributed by atoms with van der Waals surface area (Å²) in [5, 5.41) is 0. The molecular formula is C9H8BrN3O. The summed E-state index contributed by atoms with van der Waals surface area (Å²) in [5.74, 6) is 0. The van der Waals surface area contributed by atoms with Crippen molar-refractivity contribution in [3.8, 4) is 11.3 Å². The maximum atomic E-state index is 11.0. The van der Waals surface area contributed by atoms with Crippen LogP contribution < -0.4 is 11.4 Å². The molecule has 0 aliphatic heterocycles. The highest BCUT2D eigenvalue weighted by molar-refractivity contribution is 9.10. The molecule has 1 aromatic heterocycles. The summed E-state index contributed by atoms with van der Waals surface area (Å²) in [6.07, 6.45) is 0. The number of para-hydroxylation sites is 1. The molecule has 4 N–H and O–H groups in total. The highest BCUT2D eigenvalue weighted by Gasteiger charge is 2.08. The third-order valence-electron chi connectivity index (χ3n) is 1.91. The van der Waals surface area contributed by atoms with Crippen LogP contribution in [0, 0.1) is 0 Å². The summed E-state index contributed by atoms with van der Waals surface area (Å²) in [6.45, 7) is 0. The van der Waals surface area contributed by atoms with Gasteiger partial charge in [-0.25, -0.2) is 4.79 Å². The number of H-pyrrole nitrogens is 2. The van der Waals surface area contributed by atoms with Gasteiger partial charge >= 0.3 is 5.69 Å². The predicted octanol–water partition coefficient (Wildman–Crippen LogP) is 1.71. The number of anilines is 1. The average molecular weight is 254 g/mol. The lowest BCUT2D eigenvalue weighted by molar-refractivity contribution is 1.18. The minimum absolute atomic E-state index is 0.255. The Hall–Kier alpha value is -1.49. The van der Waals surface area contributed by atoms with Crippen LogP contribution in [0.2, 0.25) is 0 Å². The Labute approximate surface area is 88.3 Å². The summed E-state index contributed by atoms with van der Waals surface area (Å²) in [7, 11) is 0. The zero-order valence-electron chi connectivity index (χ0n) is 7.17. The molecule has 0 fully saturated rings. The molecule has 0 saturated carbocycles. The summed E-state index contributed by atoms with van der Waals surface area (Å²) < 4.78 is 0.611. The smallest absolute Gasteiger partial charge is 0.324 e. The summed E-state index contributed by atoms with van der Waals surface area (Å²) in [6, 6.07) is 7.34. The number of rotatable bonds is 1. The number of imidazole rings is 1. The maximum absolute atomic E-state index is 11.0. The SMILES string of the molecule is Nc1ccccc1-c1[nH]c(=O)[nH]c1Br. The Kier molecular flexibility index (Phi) is 2.17. The number of nitrogen functional groups attached to an aromatic ring is 1. The van der Waals surface area contributed by atoms with Gasteiger partial charge in [0, 0.05) is 11.3 Å². The van der Waals surface area contributed by atoms with Crippen LogP contribution in [-0.2, 0) is 0 Å². The quantitative estimate of drug-likeness (QED) is 0.677. The molecular weight excluding hydrogens is 246 g/mol. The second-order valence-electron chi connectivity index (χ2n) is 2.86. The highest BCUT2D eigenvalue weighted by Crippen LogP contribution is 2.27. The fraction of sp³-hybridized carbons (Fsp3) is 0. The molecule has 0 aliphatic carbocycles. The molecule has 0 bridgehead atoms. The number of aromatic nitrogens is 2. The Bertz CT molecular complexity index is 515. The van der Waals surface area contributed by atoms with Crippen LogP contribution in [0.25, 0.3) is 11.3 Å². The number of aromatic amines is 2. The van der Waals surface area contributed by atoms with Crippen molar-refractivity contribution in [2.75, 3.05) is 5.73 Å². The average Bonchev–Trinajstić information content (AvgIpc) is 2.46. The van der Waals surface area contributed by atoms with Crippen molar-refractivity contribution in [1.29, 1.82) is 0 Å². The molecule has 14 heavy (non-hydrogen) atoms. The van der Waals surface area contributed by atoms with E-state index in [4.69, 9.17) is 5.73 Å². The molecule has 2 aromatic rings. The van der Waals surface area contributed by atoms with E-state index in [1.807, 2.05) is 18.2 Å². The third kappa shape index (κ3) is 1.46. The van der Waals surface area contributed by atoms with E-state index in [1.54, 1.807) is 6.07 Å². The fourth-order valence-electron chi connectivity index (χ4n) is 1.27. The molecule has 0 saturated heterocycles.